The van der Waals surface area contributed by atoms with Gasteiger partial charge < -0.3 is 10.5 Å². The number of amidine groups is 1. The van der Waals surface area contributed by atoms with Crippen molar-refractivity contribution in [2.75, 3.05) is 18.4 Å². The minimum atomic E-state index is -3.66. The summed E-state index contributed by atoms with van der Waals surface area (Å²) in [6, 6.07) is 4.55. The molecular weight excluding hydrogens is 280 g/mol. The molecule has 0 unspecified atom stereocenters. The number of nitrogens with two attached hydrogens (primary N) is 1. The minimum absolute atomic E-state index is 0.115. The van der Waals surface area contributed by atoms with Gasteiger partial charge in [-0.15, -0.1) is 0 Å². The van der Waals surface area contributed by atoms with Crippen LogP contribution in [0.1, 0.15) is 19.4 Å². The van der Waals surface area contributed by atoms with Crippen molar-refractivity contribution in [1.29, 1.82) is 5.41 Å². The quantitative estimate of drug-likeness (QED) is 0.441. The number of nitrogen functional groups attached to an aromatic ring is 1. The summed E-state index contributed by atoms with van der Waals surface area (Å²) in [6.07, 6.45) is 0. The molecule has 1 rings (SSSR count). The molecule has 112 valence electrons. The van der Waals surface area contributed by atoms with Crippen LogP contribution in [0.4, 0.5) is 5.69 Å². The lowest BCUT2D eigenvalue weighted by atomic mass is 10.2. The zero-order chi connectivity index (χ0) is 15.3. The number of hydrogen-bond acceptors (Lipinski definition) is 4. The van der Waals surface area contributed by atoms with Crippen LogP contribution in [0.5, 0.6) is 5.75 Å². The molecule has 0 aliphatic carbocycles. The molecule has 0 bridgehead atoms. The molecule has 5 N–H and O–H groups in total. The van der Waals surface area contributed by atoms with Crippen LogP contribution in [-0.4, -0.2) is 27.9 Å². The van der Waals surface area contributed by atoms with E-state index in [4.69, 9.17) is 15.9 Å². The molecule has 1 aromatic carbocycles. The highest BCUT2D eigenvalue weighted by Crippen LogP contribution is 2.26. The van der Waals surface area contributed by atoms with Gasteiger partial charge in [-0.25, -0.2) is 0 Å². The highest BCUT2D eigenvalue weighted by atomic mass is 32.2. The molecule has 0 saturated heterocycles. The van der Waals surface area contributed by atoms with Crippen molar-refractivity contribution in [2.24, 2.45) is 11.7 Å². The van der Waals surface area contributed by atoms with Crippen molar-refractivity contribution in [1.82, 2.24) is 4.72 Å². The van der Waals surface area contributed by atoms with Crippen LogP contribution < -0.4 is 19.9 Å². The summed E-state index contributed by atoms with van der Waals surface area (Å²) < 4.78 is 33.6. The Morgan fingerprint density at radius 3 is 2.60 bits per heavy atom. The lowest BCUT2D eigenvalue weighted by molar-refractivity contribution is 0.416. The topological polar surface area (TPSA) is 117 Å². The maximum atomic E-state index is 11.8. The molecule has 0 saturated carbocycles. The molecule has 8 heteroatoms. The molecule has 0 heterocycles. The molecule has 0 amide bonds. The first-order chi connectivity index (χ1) is 9.25. The van der Waals surface area contributed by atoms with E-state index >= 15 is 0 Å². The molecule has 0 aliphatic heterocycles. The number of rotatable bonds is 7. The predicted molar refractivity (Wildman–Crippen MR) is 79.4 cm³/mol. The largest absolute Gasteiger partial charge is 0.495 e. The van der Waals surface area contributed by atoms with Crippen LogP contribution in [-0.2, 0) is 10.2 Å². The van der Waals surface area contributed by atoms with Gasteiger partial charge in [-0.1, -0.05) is 13.8 Å². The van der Waals surface area contributed by atoms with Gasteiger partial charge in [0.15, 0.2) is 0 Å². The predicted octanol–water partition coefficient (Wildman–Crippen LogP) is 0.882. The van der Waals surface area contributed by atoms with E-state index in [-0.39, 0.29) is 17.4 Å². The third kappa shape index (κ3) is 4.71. The summed E-state index contributed by atoms with van der Waals surface area (Å²) >= 11 is 0. The van der Waals surface area contributed by atoms with Crippen LogP contribution in [0.25, 0.3) is 0 Å². The Hall–Kier alpha value is -1.80. The van der Waals surface area contributed by atoms with E-state index < -0.39 is 10.2 Å². The van der Waals surface area contributed by atoms with Gasteiger partial charge in [0.1, 0.15) is 11.6 Å². The van der Waals surface area contributed by atoms with E-state index in [0.717, 1.165) is 0 Å². The van der Waals surface area contributed by atoms with E-state index in [2.05, 4.69) is 9.44 Å². The monoisotopic (exact) mass is 300 g/mol. The Balaban J connectivity index is 2.94. The second-order valence-electron chi connectivity index (χ2n) is 4.68. The van der Waals surface area contributed by atoms with Gasteiger partial charge in [0.05, 0.1) is 12.8 Å². The Morgan fingerprint density at radius 2 is 2.10 bits per heavy atom. The first-order valence-electron chi connectivity index (χ1n) is 6.05. The van der Waals surface area contributed by atoms with Crippen LogP contribution in [0.2, 0.25) is 0 Å². The number of benzene rings is 1. The summed E-state index contributed by atoms with van der Waals surface area (Å²) in [5, 5.41) is 7.34. The summed E-state index contributed by atoms with van der Waals surface area (Å²) in [7, 11) is -2.25. The third-order valence-electron chi connectivity index (χ3n) is 2.44. The fraction of sp³-hybridized carbons (Fsp3) is 0.417. The molecule has 0 radical (unpaired) electrons. The molecule has 0 aliphatic rings. The maximum Gasteiger partial charge on any atom is 0.299 e. The zero-order valence-electron chi connectivity index (χ0n) is 11.7. The number of methoxy groups -OCH3 is 1. The standard InChI is InChI=1S/C12H20N4O3S/c1-8(2)7-15-20(17,18)16-10-5-4-9(12(13)14)6-11(10)19-3/h4-6,8,15-16H,7H2,1-3H3,(H3,13,14). The molecule has 1 aromatic rings. The van der Waals surface area contributed by atoms with Crippen molar-refractivity contribution < 1.29 is 13.2 Å². The molecule has 0 aromatic heterocycles. The summed E-state index contributed by atoms with van der Waals surface area (Å²) in [6.45, 7) is 4.15. The smallest absolute Gasteiger partial charge is 0.299 e. The molecule has 0 atom stereocenters. The molecule has 0 fully saturated rings. The first kappa shape index (κ1) is 16.3. The second kappa shape index (κ2) is 6.58. The van der Waals surface area contributed by atoms with E-state index in [1.807, 2.05) is 13.8 Å². The van der Waals surface area contributed by atoms with Gasteiger partial charge in [-0.2, -0.15) is 13.1 Å². The van der Waals surface area contributed by atoms with Gasteiger partial charge in [0.2, 0.25) is 0 Å². The van der Waals surface area contributed by atoms with Crippen LogP contribution in [0.3, 0.4) is 0 Å². The van der Waals surface area contributed by atoms with Gasteiger partial charge in [-0.05, 0) is 24.1 Å². The third-order valence-corrected chi connectivity index (χ3v) is 3.47. The van der Waals surface area contributed by atoms with Gasteiger partial charge in [-0.3, -0.25) is 10.1 Å². The SMILES string of the molecule is COc1cc(C(=N)N)ccc1NS(=O)(=O)NCC(C)C. The van der Waals surface area contributed by atoms with Crippen molar-refractivity contribution in [3.05, 3.63) is 23.8 Å². The summed E-state index contributed by atoms with van der Waals surface area (Å²) in [5.74, 6) is 0.386. The minimum Gasteiger partial charge on any atom is -0.495 e. The molecule has 0 spiro atoms. The van der Waals surface area contributed by atoms with Gasteiger partial charge >= 0.3 is 0 Å². The Morgan fingerprint density at radius 1 is 1.45 bits per heavy atom. The van der Waals surface area contributed by atoms with Gasteiger partial charge in [0, 0.05) is 12.1 Å². The number of anilines is 1. The zero-order valence-corrected chi connectivity index (χ0v) is 12.5. The average Bonchev–Trinajstić information content (AvgIpc) is 2.36. The van der Waals surface area contributed by atoms with E-state index in [0.29, 0.717) is 17.9 Å². The Bertz CT molecular complexity index is 584. The van der Waals surface area contributed by atoms with Crippen molar-refractivity contribution in [3.8, 4) is 5.75 Å². The highest BCUT2D eigenvalue weighted by molar-refractivity contribution is 7.90. The van der Waals surface area contributed by atoms with Crippen molar-refractivity contribution >= 4 is 21.7 Å². The van der Waals surface area contributed by atoms with Crippen molar-refractivity contribution in [2.45, 2.75) is 13.8 Å². The maximum absolute atomic E-state index is 11.8. The average molecular weight is 300 g/mol. The normalized spacial score (nSPS) is 11.4. The van der Waals surface area contributed by atoms with Crippen LogP contribution in [0, 0.1) is 11.3 Å². The molecule has 20 heavy (non-hydrogen) atoms. The fourth-order valence-corrected chi connectivity index (χ4v) is 2.48. The summed E-state index contributed by atoms with van der Waals surface area (Å²) in [4.78, 5) is 0. The van der Waals surface area contributed by atoms with Crippen molar-refractivity contribution in [3.63, 3.8) is 0 Å². The Labute approximate surface area is 119 Å². The van der Waals surface area contributed by atoms with E-state index in [1.165, 1.54) is 19.2 Å². The highest BCUT2D eigenvalue weighted by Gasteiger charge is 2.14. The number of nitrogens with one attached hydrogen (secondary N) is 3. The number of hydrogen-bond donors (Lipinski definition) is 4. The van der Waals surface area contributed by atoms with Crippen LogP contribution >= 0.6 is 0 Å². The molecular formula is C12H20N4O3S. The molecule has 7 nitrogen and oxygen atoms in total. The first-order valence-corrected chi connectivity index (χ1v) is 7.53. The van der Waals surface area contributed by atoms with Gasteiger partial charge in [0.25, 0.3) is 10.2 Å². The van der Waals surface area contributed by atoms with E-state index in [9.17, 15) is 8.42 Å². The fourth-order valence-electron chi connectivity index (χ4n) is 1.40. The summed E-state index contributed by atoms with van der Waals surface area (Å²) in [5.41, 5.74) is 6.12. The Kier molecular flexibility index (Phi) is 5.34. The lowest BCUT2D eigenvalue weighted by Crippen LogP contribution is -2.33. The lowest BCUT2D eigenvalue weighted by Gasteiger charge is -2.14. The number of ether oxygens (including phenoxy) is 1. The van der Waals surface area contributed by atoms with Crippen LogP contribution in [0.15, 0.2) is 18.2 Å². The second-order valence-corrected chi connectivity index (χ2v) is 6.18. The van der Waals surface area contributed by atoms with E-state index in [1.54, 1.807) is 6.07 Å².